The van der Waals surface area contributed by atoms with Crippen LogP contribution in [0.15, 0.2) is 23.2 Å². The Kier molecular flexibility index (Phi) is 7.28. The fourth-order valence-electron chi connectivity index (χ4n) is 2.55. The van der Waals surface area contributed by atoms with Crippen molar-refractivity contribution in [2.75, 3.05) is 20.2 Å². The summed E-state index contributed by atoms with van der Waals surface area (Å²) >= 11 is 0. The lowest BCUT2D eigenvalue weighted by Gasteiger charge is -2.31. The lowest BCUT2D eigenvalue weighted by atomic mass is 10.00. The summed E-state index contributed by atoms with van der Waals surface area (Å²) in [6.45, 7) is 7.02. The molecular formula is C16H26IN3O. The molecule has 118 valence electrons. The zero-order valence-corrected chi connectivity index (χ0v) is 15.5. The zero-order chi connectivity index (χ0) is 14.5. The fraction of sp³-hybridized carbons (Fsp3) is 0.562. The highest BCUT2D eigenvalue weighted by Crippen LogP contribution is 2.19. The first-order valence-corrected chi connectivity index (χ1v) is 7.28. The SMILES string of the molecule is COc1ccc(CN=C(N)N2CCC(C)CC2)cc1C.I. The Labute approximate surface area is 144 Å². The standard InChI is InChI=1S/C16H25N3O.HI/c1-12-6-8-19(9-7-12)16(17)18-11-14-4-5-15(20-3)13(2)10-14;/h4-5,10,12H,6-9,11H2,1-3H3,(H2,17,18);1H. The molecule has 0 amide bonds. The van der Waals surface area contributed by atoms with Gasteiger partial charge in [0, 0.05) is 13.1 Å². The number of halogens is 1. The van der Waals surface area contributed by atoms with Gasteiger partial charge in [-0.1, -0.05) is 19.1 Å². The van der Waals surface area contributed by atoms with Crippen molar-refractivity contribution in [1.29, 1.82) is 0 Å². The number of aryl methyl sites for hydroxylation is 1. The van der Waals surface area contributed by atoms with E-state index in [1.807, 2.05) is 19.1 Å². The Morgan fingerprint density at radius 3 is 2.62 bits per heavy atom. The summed E-state index contributed by atoms with van der Waals surface area (Å²) in [6, 6.07) is 6.13. The molecule has 4 nitrogen and oxygen atoms in total. The third-order valence-electron chi connectivity index (χ3n) is 3.99. The van der Waals surface area contributed by atoms with Gasteiger partial charge in [0.2, 0.25) is 0 Å². The van der Waals surface area contributed by atoms with Gasteiger partial charge in [0.1, 0.15) is 5.75 Å². The van der Waals surface area contributed by atoms with E-state index in [-0.39, 0.29) is 24.0 Å². The minimum absolute atomic E-state index is 0. The number of rotatable bonds is 3. The van der Waals surface area contributed by atoms with Gasteiger partial charge in [-0.15, -0.1) is 24.0 Å². The largest absolute Gasteiger partial charge is 0.496 e. The van der Waals surface area contributed by atoms with Gasteiger partial charge < -0.3 is 15.4 Å². The van der Waals surface area contributed by atoms with Crippen LogP contribution in [-0.4, -0.2) is 31.1 Å². The summed E-state index contributed by atoms with van der Waals surface area (Å²) in [7, 11) is 1.69. The quantitative estimate of drug-likeness (QED) is 0.479. The molecule has 1 aromatic rings. The van der Waals surface area contributed by atoms with Gasteiger partial charge in [-0.3, -0.25) is 0 Å². The van der Waals surface area contributed by atoms with E-state index in [2.05, 4.69) is 22.9 Å². The summed E-state index contributed by atoms with van der Waals surface area (Å²) in [5.74, 6) is 2.39. The number of benzene rings is 1. The van der Waals surface area contributed by atoms with Gasteiger partial charge in [0.05, 0.1) is 13.7 Å². The number of hydrogen-bond acceptors (Lipinski definition) is 2. The Morgan fingerprint density at radius 2 is 2.05 bits per heavy atom. The number of piperidine rings is 1. The Hall–Kier alpha value is -0.980. The van der Waals surface area contributed by atoms with E-state index >= 15 is 0 Å². The highest BCUT2D eigenvalue weighted by Gasteiger charge is 2.16. The van der Waals surface area contributed by atoms with E-state index in [1.165, 1.54) is 12.8 Å². The molecule has 0 unspecified atom stereocenters. The van der Waals surface area contributed by atoms with Gasteiger partial charge in [0.25, 0.3) is 0 Å². The van der Waals surface area contributed by atoms with Crippen LogP contribution in [0, 0.1) is 12.8 Å². The van der Waals surface area contributed by atoms with Crippen molar-refractivity contribution in [3.05, 3.63) is 29.3 Å². The average molecular weight is 403 g/mol. The normalized spacial score (nSPS) is 16.5. The number of ether oxygens (including phenoxy) is 1. The highest BCUT2D eigenvalue weighted by atomic mass is 127. The molecule has 2 rings (SSSR count). The molecule has 1 aromatic carbocycles. The molecule has 2 N–H and O–H groups in total. The molecule has 1 saturated heterocycles. The van der Waals surface area contributed by atoms with Crippen LogP contribution in [0.1, 0.15) is 30.9 Å². The van der Waals surface area contributed by atoms with E-state index in [9.17, 15) is 0 Å². The lowest BCUT2D eigenvalue weighted by molar-refractivity contribution is 0.277. The van der Waals surface area contributed by atoms with E-state index in [0.717, 1.165) is 35.9 Å². The van der Waals surface area contributed by atoms with Crippen LogP contribution < -0.4 is 10.5 Å². The topological polar surface area (TPSA) is 50.9 Å². The van der Waals surface area contributed by atoms with Crippen molar-refractivity contribution in [2.45, 2.75) is 33.2 Å². The fourth-order valence-corrected chi connectivity index (χ4v) is 2.55. The summed E-state index contributed by atoms with van der Waals surface area (Å²) in [5, 5.41) is 0. The number of guanidine groups is 1. The van der Waals surface area contributed by atoms with E-state index in [4.69, 9.17) is 10.5 Å². The zero-order valence-electron chi connectivity index (χ0n) is 13.1. The van der Waals surface area contributed by atoms with Gasteiger partial charge in [-0.25, -0.2) is 4.99 Å². The first-order chi connectivity index (χ1) is 9.60. The number of aliphatic imine (C=N–C) groups is 1. The maximum atomic E-state index is 6.09. The summed E-state index contributed by atoms with van der Waals surface area (Å²) in [6.07, 6.45) is 2.41. The summed E-state index contributed by atoms with van der Waals surface area (Å²) in [4.78, 5) is 6.71. The summed E-state index contributed by atoms with van der Waals surface area (Å²) < 4.78 is 5.26. The third kappa shape index (κ3) is 5.05. The van der Waals surface area contributed by atoms with Crippen molar-refractivity contribution >= 4 is 29.9 Å². The molecule has 0 saturated carbocycles. The van der Waals surface area contributed by atoms with Crippen LogP contribution in [0.5, 0.6) is 5.75 Å². The Morgan fingerprint density at radius 1 is 1.38 bits per heavy atom. The molecule has 0 atom stereocenters. The smallest absolute Gasteiger partial charge is 0.191 e. The minimum atomic E-state index is 0. The molecular weight excluding hydrogens is 377 g/mol. The van der Waals surface area contributed by atoms with Crippen molar-refractivity contribution < 1.29 is 4.74 Å². The van der Waals surface area contributed by atoms with Gasteiger partial charge in [-0.2, -0.15) is 0 Å². The molecule has 0 bridgehead atoms. The molecule has 0 aromatic heterocycles. The van der Waals surface area contributed by atoms with Crippen molar-refractivity contribution in [2.24, 2.45) is 16.6 Å². The maximum absolute atomic E-state index is 6.09. The minimum Gasteiger partial charge on any atom is -0.496 e. The van der Waals surface area contributed by atoms with Crippen molar-refractivity contribution in [3.63, 3.8) is 0 Å². The van der Waals surface area contributed by atoms with Gasteiger partial charge in [-0.05, 0) is 42.9 Å². The first-order valence-electron chi connectivity index (χ1n) is 7.28. The van der Waals surface area contributed by atoms with Crippen LogP contribution in [0.4, 0.5) is 0 Å². The highest BCUT2D eigenvalue weighted by molar-refractivity contribution is 14.0. The Bertz CT molecular complexity index is 482. The number of nitrogens with zero attached hydrogens (tertiary/aromatic N) is 2. The molecule has 1 aliphatic rings. The van der Waals surface area contributed by atoms with Crippen molar-refractivity contribution in [1.82, 2.24) is 4.90 Å². The van der Waals surface area contributed by atoms with E-state index in [0.29, 0.717) is 12.5 Å². The van der Waals surface area contributed by atoms with Crippen LogP contribution in [-0.2, 0) is 6.54 Å². The van der Waals surface area contributed by atoms with Gasteiger partial charge in [0.15, 0.2) is 5.96 Å². The molecule has 0 aliphatic carbocycles. The molecule has 1 heterocycles. The maximum Gasteiger partial charge on any atom is 0.191 e. The van der Waals surface area contributed by atoms with E-state index in [1.54, 1.807) is 7.11 Å². The number of methoxy groups -OCH3 is 1. The number of hydrogen-bond donors (Lipinski definition) is 1. The Balaban J connectivity index is 0.00000220. The molecule has 21 heavy (non-hydrogen) atoms. The van der Waals surface area contributed by atoms with Crippen LogP contribution in [0.3, 0.4) is 0 Å². The first kappa shape index (κ1) is 18.1. The van der Waals surface area contributed by atoms with Crippen molar-refractivity contribution in [3.8, 4) is 5.75 Å². The molecule has 0 radical (unpaired) electrons. The monoisotopic (exact) mass is 403 g/mol. The second-order valence-corrected chi connectivity index (χ2v) is 5.65. The molecule has 5 heteroatoms. The van der Waals surface area contributed by atoms with Gasteiger partial charge >= 0.3 is 0 Å². The average Bonchev–Trinajstić information content (AvgIpc) is 2.45. The molecule has 1 fully saturated rings. The van der Waals surface area contributed by atoms with E-state index < -0.39 is 0 Å². The summed E-state index contributed by atoms with van der Waals surface area (Å²) in [5.41, 5.74) is 8.38. The van der Waals surface area contributed by atoms with Crippen LogP contribution in [0.25, 0.3) is 0 Å². The molecule has 1 aliphatic heterocycles. The third-order valence-corrected chi connectivity index (χ3v) is 3.99. The predicted octanol–water partition coefficient (Wildman–Crippen LogP) is 3.17. The second-order valence-electron chi connectivity index (χ2n) is 5.65. The second kappa shape index (κ2) is 8.46. The number of likely N-dealkylation sites (tertiary alicyclic amines) is 1. The number of nitrogens with two attached hydrogens (primary N) is 1. The van der Waals surface area contributed by atoms with Crippen LogP contribution in [0.2, 0.25) is 0 Å². The van der Waals surface area contributed by atoms with Crippen LogP contribution >= 0.6 is 24.0 Å². The lowest BCUT2D eigenvalue weighted by Crippen LogP contribution is -2.42. The predicted molar refractivity (Wildman–Crippen MR) is 98.4 cm³/mol. The molecule has 0 spiro atoms.